The minimum Gasteiger partial charge on any atom is -0.497 e. The molecule has 0 aliphatic heterocycles. The largest absolute Gasteiger partial charge is 0.497 e. The van der Waals surface area contributed by atoms with Crippen molar-refractivity contribution in [3.8, 4) is 5.75 Å². The lowest BCUT2D eigenvalue weighted by atomic mass is 9.82. The summed E-state index contributed by atoms with van der Waals surface area (Å²) in [6, 6.07) is 14.9. The molecular formula is C21H22O3. The normalized spacial score (nSPS) is 17.5. The van der Waals surface area contributed by atoms with Crippen LogP contribution < -0.4 is 4.74 Å². The van der Waals surface area contributed by atoms with Crippen molar-refractivity contribution in [3.05, 3.63) is 65.2 Å². The lowest BCUT2D eigenvalue weighted by Gasteiger charge is -2.21. The van der Waals surface area contributed by atoms with E-state index in [4.69, 9.17) is 4.74 Å². The first kappa shape index (κ1) is 16.4. The van der Waals surface area contributed by atoms with Crippen molar-refractivity contribution in [2.45, 2.75) is 32.1 Å². The Kier molecular flexibility index (Phi) is 5.09. The van der Waals surface area contributed by atoms with E-state index in [0.29, 0.717) is 30.1 Å². The maximum absolute atomic E-state index is 12.9. The molecule has 3 nitrogen and oxygen atoms in total. The summed E-state index contributed by atoms with van der Waals surface area (Å²) in [6.07, 6.45) is 4.19. The average molecular weight is 322 g/mol. The number of methoxy groups -OCH3 is 1. The van der Waals surface area contributed by atoms with Crippen molar-refractivity contribution >= 4 is 11.6 Å². The number of hydrogen-bond acceptors (Lipinski definition) is 3. The molecule has 1 aliphatic rings. The summed E-state index contributed by atoms with van der Waals surface area (Å²) in [5.41, 5.74) is 2.43. The van der Waals surface area contributed by atoms with Gasteiger partial charge in [-0.05, 0) is 55.0 Å². The number of ketones is 2. The van der Waals surface area contributed by atoms with Crippen molar-refractivity contribution in [1.82, 2.24) is 0 Å². The van der Waals surface area contributed by atoms with Gasteiger partial charge in [-0.25, -0.2) is 0 Å². The van der Waals surface area contributed by atoms with Gasteiger partial charge in [-0.1, -0.05) is 24.3 Å². The monoisotopic (exact) mass is 322 g/mol. The fourth-order valence-corrected chi connectivity index (χ4v) is 3.42. The van der Waals surface area contributed by atoms with Gasteiger partial charge in [0.1, 0.15) is 11.5 Å². The molecule has 0 aromatic heterocycles. The fraction of sp³-hybridized carbons (Fsp3) is 0.333. The average Bonchev–Trinajstić information content (AvgIpc) is 2.62. The molecule has 1 fully saturated rings. The van der Waals surface area contributed by atoms with E-state index < -0.39 is 0 Å². The first-order valence-electron chi connectivity index (χ1n) is 8.45. The van der Waals surface area contributed by atoms with Crippen LogP contribution in [-0.2, 0) is 11.2 Å². The van der Waals surface area contributed by atoms with Crippen LogP contribution in [0.3, 0.4) is 0 Å². The Morgan fingerprint density at radius 1 is 1.12 bits per heavy atom. The van der Waals surface area contributed by atoms with Gasteiger partial charge >= 0.3 is 0 Å². The molecule has 3 rings (SSSR count). The van der Waals surface area contributed by atoms with Crippen LogP contribution in [0.1, 0.15) is 47.2 Å². The third-order valence-electron chi connectivity index (χ3n) is 4.71. The molecule has 124 valence electrons. The summed E-state index contributed by atoms with van der Waals surface area (Å²) in [5.74, 6) is 1.47. The van der Waals surface area contributed by atoms with Crippen LogP contribution in [0.2, 0.25) is 0 Å². The Morgan fingerprint density at radius 3 is 2.58 bits per heavy atom. The summed E-state index contributed by atoms with van der Waals surface area (Å²) in [4.78, 5) is 24.6. The second kappa shape index (κ2) is 7.43. The van der Waals surface area contributed by atoms with E-state index in [1.165, 1.54) is 0 Å². The zero-order valence-electron chi connectivity index (χ0n) is 14.0. The molecule has 1 saturated carbocycles. The Bertz CT molecular complexity index is 731. The van der Waals surface area contributed by atoms with Gasteiger partial charge in [-0.2, -0.15) is 0 Å². The molecule has 2 aromatic carbocycles. The summed E-state index contributed by atoms with van der Waals surface area (Å²) in [7, 11) is 1.61. The van der Waals surface area contributed by atoms with Crippen LogP contribution in [0.4, 0.5) is 0 Å². The number of hydrogen-bond donors (Lipinski definition) is 0. The van der Waals surface area contributed by atoms with Crippen LogP contribution in [0.25, 0.3) is 0 Å². The van der Waals surface area contributed by atoms with Crippen LogP contribution in [0, 0.1) is 5.92 Å². The van der Waals surface area contributed by atoms with Gasteiger partial charge in [0, 0.05) is 24.0 Å². The Morgan fingerprint density at radius 2 is 1.88 bits per heavy atom. The van der Waals surface area contributed by atoms with E-state index in [1.54, 1.807) is 31.4 Å². The van der Waals surface area contributed by atoms with E-state index in [9.17, 15) is 9.59 Å². The molecule has 1 atom stereocenters. The quantitative estimate of drug-likeness (QED) is 0.774. The second-order valence-corrected chi connectivity index (χ2v) is 6.42. The van der Waals surface area contributed by atoms with E-state index in [0.717, 1.165) is 36.1 Å². The highest BCUT2D eigenvalue weighted by atomic mass is 16.5. The van der Waals surface area contributed by atoms with E-state index in [2.05, 4.69) is 0 Å². The molecule has 0 N–H and O–H groups in total. The molecule has 0 heterocycles. The zero-order valence-corrected chi connectivity index (χ0v) is 14.0. The molecule has 0 amide bonds. The molecule has 0 spiro atoms. The van der Waals surface area contributed by atoms with Gasteiger partial charge in [0.25, 0.3) is 0 Å². The van der Waals surface area contributed by atoms with Crippen LogP contribution in [-0.4, -0.2) is 18.7 Å². The Labute approximate surface area is 142 Å². The summed E-state index contributed by atoms with van der Waals surface area (Å²) in [5, 5.41) is 0. The Hall–Kier alpha value is -2.42. The van der Waals surface area contributed by atoms with E-state index >= 15 is 0 Å². The van der Waals surface area contributed by atoms with Crippen molar-refractivity contribution < 1.29 is 14.3 Å². The van der Waals surface area contributed by atoms with Crippen molar-refractivity contribution in [3.63, 3.8) is 0 Å². The van der Waals surface area contributed by atoms with Gasteiger partial charge in [-0.3, -0.25) is 9.59 Å². The molecule has 0 unspecified atom stereocenters. The molecule has 2 aromatic rings. The van der Waals surface area contributed by atoms with E-state index in [-0.39, 0.29) is 5.78 Å². The summed E-state index contributed by atoms with van der Waals surface area (Å²) < 4.78 is 5.15. The van der Waals surface area contributed by atoms with Crippen LogP contribution in [0.5, 0.6) is 5.75 Å². The van der Waals surface area contributed by atoms with Crippen LogP contribution >= 0.6 is 0 Å². The van der Waals surface area contributed by atoms with E-state index in [1.807, 2.05) is 24.3 Å². The molecular weight excluding hydrogens is 300 g/mol. The standard InChI is InChI=1S/C21H22O3/c1-24-19-11-9-16(10-12-19)21(23)20-8-3-2-6-17(20)13-15-5-4-7-18(22)14-15/h2-3,6,8-12,15H,4-5,7,13-14H2,1H3/t15-/m0/s1. The number of benzene rings is 2. The molecule has 24 heavy (non-hydrogen) atoms. The summed E-state index contributed by atoms with van der Waals surface area (Å²) >= 11 is 0. The molecule has 1 aliphatic carbocycles. The first-order valence-corrected chi connectivity index (χ1v) is 8.45. The highest BCUT2D eigenvalue weighted by Crippen LogP contribution is 2.27. The maximum Gasteiger partial charge on any atom is 0.193 e. The SMILES string of the molecule is COc1ccc(C(=O)c2ccccc2C[C@@H]2CCCC(=O)C2)cc1. The van der Waals surface area contributed by atoms with Crippen molar-refractivity contribution in [1.29, 1.82) is 0 Å². The first-order chi connectivity index (χ1) is 11.7. The number of rotatable bonds is 5. The lowest BCUT2D eigenvalue weighted by molar-refractivity contribution is -0.121. The molecule has 0 bridgehead atoms. The maximum atomic E-state index is 12.9. The predicted molar refractivity (Wildman–Crippen MR) is 93.5 cm³/mol. The van der Waals surface area contributed by atoms with Gasteiger partial charge in [-0.15, -0.1) is 0 Å². The molecule has 0 radical (unpaired) electrons. The third-order valence-corrected chi connectivity index (χ3v) is 4.71. The number of Topliss-reactive ketones (excluding diaryl/α,β-unsaturated/α-hetero) is 1. The van der Waals surface area contributed by atoms with Gasteiger partial charge < -0.3 is 4.74 Å². The lowest BCUT2D eigenvalue weighted by Crippen LogP contribution is -2.18. The predicted octanol–water partition coefficient (Wildman–Crippen LogP) is 4.23. The van der Waals surface area contributed by atoms with Gasteiger partial charge in [0.05, 0.1) is 7.11 Å². The topological polar surface area (TPSA) is 43.4 Å². The smallest absolute Gasteiger partial charge is 0.193 e. The number of carbonyl (C=O) groups is 2. The number of carbonyl (C=O) groups excluding carboxylic acids is 2. The second-order valence-electron chi connectivity index (χ2n) is 6.42. The Balaban J connectivity index is 1.82. The fourth-order valence-electron chi connectivity index (χ4n) is 3.42. The molecule has 0 saturated heterocycles. The van der Waals surface area contributed by atoms with Crippen molar-refractivity contribution in [2.75, 3.05) is 7.11 Å². The highest BCUT2D eigenvalue weighted by molar-refractivity contribution is 6.10. The number of ether oxygens (including phenoxy) is 1. The summed E-state index contributed by atoms with van der Waals surface area (Å²) in [6.45, 7) is 0. The van der Waals surface area contributed by atoms with Crippen LogP contribution in [0.15, 0.2) is 48.5 Å². The molecule has 3 heteroatoms. The minimum absolute atomic E-state index is 0.0235. The zero-order chi connectivity index (χ0) is 16.9. The van der Waals surface area contributed by atoms with Gasteiger partial charge in [0.2, 0.25) is 0 Å². The highest BCUT2D eigenvalue weighted by Gasteiger charge is 2.22. The van der Waals surface area contributed by atoms with Crippen molar-refractivity contribution in [2.24, 2.45) is 5.92 Å². The van der Waals surface area contributed by atoms with Gasteiger partial charge in [0.15, 0.2) is 5.78 Å². The third kappa shape index (κ3) is 3.73. The minimum atomic E-state index is 0.0235.